The van der Waals surface area contributed by atoms with Gasteiger partial charge in [0.15, 0.2) is 0 Å². The van der Waals surface area contributed by atoms with Gasteiger partial charge in [0, 0.05) is 5.37 Å². The van der Waals surface area contributed by atoms with Gasteiger partial charge in [0.2, 0.25) is 0 Å². The van der Waals surface area contributed by atoms with Gasteiger partial charge >= 0.3 is 0 Å². The largest absolute Gasteiger partial charge is 0.213 e. The van der Waals surface area contributed by atoms with Gasteiger partial charge in [-0.2, -0.15) is 0 Å². The zero-order valence-electron chi connectivity index (χ0n) is 5.39. The highest BCUT2D eigenvalue weighted by molar-refractivity contribution is 7.64. The van der Waals surface area contributed by atoms with Crippen molar-refractivity contribution in [2.24, 2.45) is 5.92 Å². The smallest absolute Gasteiger partial charge is 0.0841 e. The molecule has 0 fully saturated rings. The van der Waals surface area contributed by atoms with E-state index in [1.54, 1.807) is 5.37 Å². The van der Waals surface area contributed by atoms with Crippen LogP contribution in [-0.2, 0) is 11.3 Å². The van der Waals surface area contributed by atoms with Crippen molar-refractivity contribution in [1.82, 2.24) is 0 Å². The predicted octanol–water partition coefficient (Wildman–Crippen LogP) is 1.44. The van der Waals surface area contributed by atoms with E-state index in [2.05, 4.69) is 13.8 Å². The fraction of sp³-hybridized carbons (Fsp3) is 0.833. The average molecular weight is 132 g/mol. The van der Waals surface area contributed by atoms with Crippen molar-refractivity contribution in [2.75, 3.05) is 0 Å². The maximum absolute atomic E-state index is 9.81. The molecule has 0 aromatic carbocycles. The van der Waals surface area contributed by atoms with Crippen LogP contribution in [0.4, 0.5) is 0 Å². The summed E-state index contributed by atoms with van der Waals surface area (Å²) >= 11 is 0.570. The van der Waals surface area contributed by atoms with Crippen molar-refractivity contribution in [2.45, 2.75) is 26.7 Å². The van der Waals surface area contributed by atoms with Gasteiger partial charge in [0.1, 0.15) is 0 Å². The minimum Gasteiger partial charge on any atom is -0.213 e. The van der Waals surface area contributed by atoms with Gasteiger partial charge in [0.05, 0.1) is 11.3 Å². The first-order valence-corrected chi connectivity index (χ1v) is 3.72. The van der Waals surface area contributed by atoms with Crippen LogP contribution in [0.2, 0.25) is 0 Å². The van der Waals surface area contributed by atoms with Crippen molar-refractivity contribution in [3.63, 3.8) is 0 Å². The number of hydrogen-bond donors (Lipinski definition) is 0. The van der Waals surface area contributed by atoms with Crippen molar-refractivity contribution in [1.29, 1.82) is 0 Å². The standard InChI is InChI=1S/C6H12OS/c1-3-6(2)4-5-8-7/h5-6H,3-4H2,1-2H3. The average Bonchev–Trinajstić information content (AvgIpc) is 1.83. The molecule has 0 saturated heterocycles. The summed E-state index contributed by atoms with van der Waals surface area (Å²) in [7, 11) is 0. The molecule has 0 radical (unpaired) electrons. The van der Waals surface area contributed by atoms with Gasteiger partial charge in [0.25, 0.3) is 0 Å². The summed E-state index contributed by atoms with van der Waals surface area (Å²) in [5.41, 5.74) is 0. The zero-order valence-corrected chi connectivity index (χ0v) is 6.20. The molecule has 0 rings (SSSR count). The second-order valence-electron chi connectivity index (χ2n) is 2.01. The summed E-state index contributed by atoms with van der Waals surface area (Å²) < 4.78 is 9.81. The summed E-state index contributed by atoms with van der Waals surface area (Å²) in [5, 5.41) is 1.72. The van der Waals surface area contributed by atoms with E-state index in [0.29, 0.717) is 17.2 Å². The molecule has 0 heterocycles. The van der Waals surface area contributed by atoms with Crippen LogP contribution >= 0.6 is 0 Å². The lowest BCUT2D eigenvalue weighted by atomic mass is 10.1. The highest BCUT2D eigenvalue weighted by atomic mass is 32.1. The summed E-state index contributed by atoms with van der Waals surface area (Å²) in [4.78, 5) is 0. The maximum Gasteiger partial charge on any atom is 0.0841 e. The van der Waals surface area contributed by atoms with Gasteiger partial charge in [-0.3, -0.25) is 0 Å². The Bertz CT molecular complexity index is 94.7. The van der Waals surface area contributed by atoms with Gasteiger partial charge in [-0.05, 0) is 12.3 Å². The van der Waals surface area contributed by atoms with Crippen LogP contribution in [0.1, 0.15) is 26.7 Å². The van der Waals surface area contributed by atoms with Crippen molar-refractivity contribution in [3.05, 3.63) is 0 Å². The van der Waals surface area contributed by atoms with E-state index in [1.807, 2.05) is 0 Å². The summed E-state index contributed by atoms with van der Waals surface area (Å²) in [6.45, 7) is 4.28. The van der Waals surface area contributed by atoms with E-state index in [4.69, 9.17) is 0 Å². The first kappa shape index (κ1) is 7.89. The molecule has 8 heavy (non-hydrogen) atoms. The molecule has 2 heteroatoms. The molecule has 1 atom stereocenters. The predicted molar refractivity (Wildman–Crippen MR) is 38.3 cm³/mol. The Labute approximate surface area is 54.2 Å². The molecule has 0 bridgehead atoms. The molecule has 0 amide bonds. The lowest BCUT2D eigenvalue weighted by Gasteiger charge is -1.99. The van der Waals surface area contributed by atoms with E-state index in [0.717, 1.165) is 12.8 Å². The minimum absolute atomic E-state index is 0.570. The molecule has 0 saturated carbocycles. The van der Waals surface area contributed by atoms with Crippen molar-refractivity contribution in [3.8, 4) is 0 Å². The van der Waals surface area contributed by atoms with Gasteiger partial charge < -0.3 is 0 Å². The number of hydrogen-bond acceptors (Lipinski definition) is 1. The molecule has 0 aliphatic rings. The molecule has 48 valence electrons. The third-order valence-electron chi connectivity index (χ3n) is 1.26. The van der Waals surface area contributed by atoms with Crippen molar-refractivity contribution < 1.29 is 4.21 Å². The summed E-state index contributed by atoms with van der Waals surface area (Å²) in [6, 6.07) is 0. The second-order valence-corrected chi connectivity index (χ2v) is 2.54. The molecule has 0 aromatic heterocycles. The minimum atomic E-state index is 0.570. The second kappa shape index (κ2) is 5.04. The zero-order chi connectivity index (χ0) is 6.41. The van der Waals surface area contributed by atoms with Gasteiger partial charge in [-0.1, -0.05) is 20.3 Å². The molecular formula is C6H12OS. The Balaban J connectivity index is 3.23. The van der Waals surface area contributed by atoms with E-state index in [-0.39, 0.29) is 0 Å². The van der Waals surface area contributed by atoms with Crippen LogP contribution < -0.4 is 0 Å². The lowest BCUT2D eigenvalue weighted by molar-refractivity contribution is 0.593. The monoisotopic (exact) mass is 132 g/mol. The number of rotatable bonds is 3. The van der Waals surface area contributed by atoms with E-state index in [9.17, 15) is 4.21 Å². The fourth-order valence-corrected chi connectivity index (χ4v) is 0.777. The Morgan fingerprint density at radius 3 is 2.75 bits per heavy atom. The van der Waals surface area contributed by atoms with Crippen LogP contribution in [-0.4, -0.2) is 9.58 Å². The topological polar surface area (TPSA) is 17.1 Å². The third kappa shape index (κ3) is 4.06. The molecule has 1 unspecified atom stereocenters. The molecular weight excluding hydrogens is 120 g/mol. The SMILES string of the molecule is CCC(C)CC=S=O. The van der Waals surface area contributed by atoms with Crippen LogP contribution in [0.3, 0.4) is 0 Å². The maximum atomic E-state index is 9.81. The Morgan fingerprint density at radius 2 is 2.38 bits per heavy atom. The van der Waals surface area contributed by atoms with Crippen molar-refractivity contribution >= 4 is 16.6 Å². The highest BCUT2D eigenvalue weighted by Crippen LogP contribution is 2.02. The van der Waals surface area contributed by atoms with Crippen LogP contribution in [0.15, 0.2) is 0 Å². The van der Waals surface area contributed by atoms with Crippen LogP contribution in [0.25, 0.3) is 0 Å². The summed E-state index contributed by atoms with van der Waals surface area (Å²) in [6.07, 6.45) is 2.11. The molecule has 0 spiro atoms. The molecule has 0 aromatic rings. The summed E-state index contributed by atoms with van der Waals surface area (Å²) in [5.74, 6) is 0.677. The van der Waals surface area contributed by atoms with Gasteiger partial charge in [-0.25, -0.2) is 4.21 Å². The Kier molecular flexibility index (Phi) is 4.97. The Hall–Kier alpha value is -0.110. The highest BCUT2D eigenvalue weighted by Gasteiger charge is 1.92. The normalized spacial score (nSPS) is 12.8. The quantitative estimate of drug-likeness (QED) is 0.531. The van der Waals surface area contributed by atoms with E-state index >= 15 is 0 Å². The van der Waals surface area contributed by atoms with Gasteiger partial charge in [-0.15, -0.1) is 0 Å². The lowest BCUT2D eigenvalue weighted by Crippen LogP contribution is -1.90. The van der Waals surface area contributed by atoms with Crippen LogP contribution in [0, 0.1) is 5.92 Å². The molecule has 0 N–H and O–H groups in total. The first-order valence-electron chi connectivity index (χ1n) is 2.91. The fourth-order valence-electron chi connectivity index (χ4n) is 0.370. The van der Waals surface area contributed by atoms with Crippen LogP contribution in [0.5, 0.6) is 0 Å². The first-order chi connectivity index (χ1) is 3.81. The molecule has 1 nitrogen and oxygen atoms in total. The van der Waals surface area contributed by atoms with E-state index < -0.39 is 0 Å². The Morgan fingerprint density at radius 1 is 1.75 bits per heavy atom. The third-order valence-corrected chi connectivity index (χ3v) is 1.59. The van der Waals surface area contributed by atoms with E-state index in [1.165, 1.54) is 0 Å². The molecule has 0 aliphatic carbocycles. The molecule has 0 aliphatic heterocycles.